The smallest absolute Gasteiger partial charge is 0.0595 e. The van der Waals surface area contributed by atoms with Gasteiger partial charge in [-0.05, 0) is 42.8 Å². The molecule has 0 aliphatic heterocycles. The van der Waals surface area contributed by atoms with E-state index in [9.17, 15) is 0 Å². The average molecular weight is 295 g/mol. The van der Waals surface area contributed by atoms with Crippen LogP contribution < -0.4 is 10.6 Å². The number of nitrogens with zero attached hydrogens (tertiary/aromatic N) is 1. The summed E-state index contributed by atoms with van der Waals surface area (Å²) in [6.07, 6.45) is 0. The molecule has 2 aromatic rings. The van der Waals surface area contributed by atoms with E-state index >= 15 is 0 Å². The van der Waals surface area contributed by atoms with E-state index in [0.717, 1.165) is 30.0 Å². The number of anilines is 2. The summed E-state index contributed by atoms with van der Waals surface area (Å²) in [6, 6.07) is 13.6. The molecule has 0 radical (unpaired) electrons. The fourth-order valence-corrected chi connectivity index (χ4v) is 2.29. The molecule has 0 saturated carbocycles. The summed E-state index contributed by atoms with van der Waals surface area (Å²) in [4.78, 5) is 2.23. The zero-order valence-electron chi connectivity index (χ0n) is 10.7. The van der Waals surface area contributed by atoms with Crippen molar-refractivity contribution in [1.29, 1.82) is 0 Å². The normalized spacial score (nSPS) is 10.5. The van der Waals surface area contributed by atoms with Crippen LogP contribution >= 0.6 is 23.2 Å². The maximum Gasteiger partial charge on any atom is 0.0595 e. The van der Waals surface area contributed by atoms with E-state index in [1.807, 2.05) is 36.4 Å². The molecule has 0 heterocycles. The van der Waals surface area contributed by atoms with Crippen LogP contribution in [0.5, 0.6) is 0 Å². The zero-order valence-corrected chi connectivity index (χ0v) is 12.2. The number of nitrogen functional groups attached to an aromatic ring is 1. The molecule has 100 valence electrons. The molecule has 19 heavy (non-hydrogen) atoms. The van der Waals surface area contributed by atoms with Gasteiger partial charge in [-0.2, -0.15) is 0 Å². The molecule has 2 rings (SSSR count). The predicted molar refractivity (Wildman–Crippen MR) is 84.0 cm³/mol. The largest absolute Gasteiger partial charge is 0.399 e. The topological polar surface area (TPSA) is 29.3 Å². The molecule has 0 fully saturated rings. The van der Waals surface area contributed by atoms with Gasteiger partial charge in [0, 0.05) is 24.5 Å². The Morgan fingerprint density at radius 1 is 1.05 bits per heavy atom. The molecule has 0 bridgehead atoms. The quantitative estimate of drug-likeness (QED) is 0.835. The Hall–Kier alpha value is -1.38. The van der Waals surface area contributed by atoms with Crippen molar-refractivity contribution in [3.05, 3.63) is 58.1 Å². The number of hydrogen-bond donors (Lipinski definition) is 1. The standard InChI is InChI=1S/C15H16Cl2N2/c1-2-19(13-5-3-4-12(18)9-13)10-11-6-7-14(16)15(17)8-11/h3-9H,2,10,18H2,1H3. The number of nitrogens with two attached hydrogens (primary N) is 1. The van der Waals surface area contributed by atoms with Crippen molar-refractivity contribution in [1.82, 2.24) is 0 Å². The Kier molecular flexibility index (Phi) is 4.56. The van der Waals surface area contributed by atoms with Crippen molar-refractivity contribution >= 4 is 34.6 Å². The van der Waals surface area contributed by atoms with Crippen molar-refractivity contribution in [2.24, 2.45) is 0 Å². The first-order valence-corrected chi connectivity index (χ1v) is 6.90. The SMILES string of the molecule is CCN(Cc1ccc(Cl)c(Cl)c1)c1cccc(N)c1. The molecule has 0 aromatic heterocycles. The van der Waals surface area contributed by atoms with Crippen LogP contribution in [0.2, 0.25) is 10.0 Å². The Balaban J connectivity index is 2.21. The summed E-state index contributed by atoms with van der Waals surface area (Å²) < 4.78 is 0. The van der Waals surface area contributed by atoms with Crippen molar-refractivity contribution < 1.29 is 0 Å². The first-order chi connectivity index (χ1) is 9.10. The van der Waals surface area contributed by atoms with Crippen LogP contribution in [-0.4, -0.2) is 6.54 Å². The predicted octanol–water partition coefficient (Wildman–Crippen LogP) is 4.60. The van der Waals surface area contributed by atoms with E-state index in [2.05, 4.69) is 17.9 Å². The summed E-state index contributed by atoms with van der Waals surface area (Å²) in [5.74, 6) is 0. The fourth-order valence-electron chi connectivity index (χ4n) is 1.97. The third-order valence-corrected chi connectivity index (χ3v) is 3.71. The van der Waals surface area contributed by atoms with Gasteiger partial charge in [-0.3, -0.25) is 0 Å². The maximum atomic E-state index is 6.04. The van der Waals surface area contributed by atoms with Gasteiger partial charge in [0.05, 0.1) is 10.0 Å². The van der Waals surface area contributed by atoms with Gasteiger partial charge in [0.15, 0.2) is 0 Å². The average Bonchev–Trinajstić information content (AvgIpc) is 2.40. The number of halogens is 2. The van der Waals surface area contributed by atoms with Crippen molar-refractivity contribution in [2.75, 3.05) is 17.2 Å². The second-order valence-corrected chi connectivity index (χ2v) is 5.17. The first-order valence-electron chi connectivity index (χ1n) is 6.14. The van der Waals surface area contributed by atoms with Crippen LogP contribution in [0, 0.1) is 0 Å². The molecule has 2 N–H and O–H groups in total. The summed E-state index contributed by atoms with van der Waals surface area (Å²) in [7, 11) is 0. The monoisotopic (exact) mass is 294 g/mol. The van der Waals surface area contributed by atoms with E-state index in [-0.39, 0.29) is 0 Å². The molecule has 0 aliphatic rings. The lowest BCUT2D eigenvalue weighted by molar-refractivity contribution is 0.832. The zero-order chi connectivity index (χ0) is 13.8. The van der Waals surface area contributed by atoms with E-state index < -0.39 is 0 Å². The van der Waals surface area contributed by atoms with Crippen molar-refractivity contribution in [3.63, 3.8) is 0 Å². The highest BCUT2D eigenvalue weighted by atomic mass is 35.5. The second-order valence-electron chi connectivity index (χ2n) is 4.36. The van der Waals surface area contributed by atoms with E-state index in [0.29, 0.717) is 10.0 Å². The molecule has 2 aromatic carbocycles. The van der Waals surface area contributed by atoms with Crippen LogP contribution in [0.4, 0.5) is 11.4 Å². The molecule has 2 nitrogen and oxygen atoms in total. The van der Waals surface area contributed by atoms with Gasteiger partial charge in [0.1, 0.15) is 0 Å². The minimum absolute atomic E-state index is 0.581. The van der Waals surface area contributed by atoms with E-state index in [1.165, 1.54) is 0 Å². The minimum Gasteiger partial charge on any atom is -0.399 e. The summed E-state index contributed by atoms with van der Waals surface area (Å²) in [6.45, 7) is 3.78. The van der Waals surface area contributed by atoms with Gasteiger partial charge in [-0.15, -0.1) is 0 Å². The van der Waals surface area contributed by atoms with Gasteiger partial charge >= 0.3 is 0 Å². The van der Waals surface area contributed by atoms with Crippen LogP contribution in [0.25, 0.3) is 0 Å². The summed E-state index contributed by atoms with van der Waals surface area (Å²) in [5.41, 5.74) is 8.82. The molecule has 0 spiro atoms. The summed E-state index contributed by atoms with van der Waals surface area (Å²) in [5, 5.41) is 1.17. The molecular formula is C15H16Cl2N2. The number of hydrogen-bond acceptors (Lipinski definition) is 2. The third-order valence-electron chi connectivity index (χ3n) is 2.97. The Morgan fingerprint density at radius 3 is 2.47 bits per heavy atom. The van der Waals surface area contributed by atoms with Crippen LogP contribution in [0.1, 0.15) is 12.5 Å². The van der Waals surface area contributed by atoms with Crippen molar-refractivity contribution in [2.45, 2.75) is 13.5 Å². The Bertz CT molecular complexity index is 570. The third kappa shape index (κ3) is 3.55. The highest BCUT2D eigenvalue weighted by molar-refractivity contribution is 6.42. The minimum atomic E-state index is 0.581. The van der Waals surface area contributed by atoms with Crippen LogP contribution in [0.3, 0.4) is 0 Å². The van der Waals surface area contributed by atoms with Gasteiger partial charge < -0.3 is 10.6 Å². The lowest BCUT2D eigenvalue weighted by Crippen LogP contribution is -2.22. The molecule has 0 amide bonds. The first kappa shape index (κ1) is 14.0. The highest BCUT2D eigenvalue weighted by Gasteiger charge is 2.07. The van der Waals surface area contributed by atoms with Gasteiger partial charge in [0.2, 0.25) is 0 Å². The number of rotatable bonds is 4. The lowest BCUT2D eigenvalue weighted by Gasteiger charge is -2.23. The molecular weight excluding hydrogens is 279 g/mol. The Morgan fingerprint density at radius 2 is 1.84 bits per heavy atom. The summed E-state index contributed by atoms with van der Waals surface area (Å²) >= 11 is 12.0. The molecule has 0 aliphatic carbocycles. The van der Waals surface area contributed by atoms with Crippen LogP contribution in [-0.2, 0) is 6.54 Å². The van der Waals surface area contributed by atoms with E-state index in [1.54, 1.807) is 0 Å². The number of benzene rings is 2. The van der Waals surface area contributed by atoms with Gasteiger partial charge in [0.25, 0.3) is 0 Å². The second kappa shape index (κ2) is 6.18. The lowest BCUT2D eigenvalue weighted by atomic mass is 10.2. The molecule has 4 heteroatoms. The van der Waals surface area contributed by atoms with Gasteiger partial charge in [-0.25, -0.2) is 0 Å². The molecule has 0 saturated heterocycles. The fraction of sp³-hybridized carbons (Fsp3) is 0.200. The molecule has 0 atom stereocenters. The van der Waals surface area contributed by atoms with Crippen LogP contribution in [0.15, 0.2) is 42.5 Å². The molecule has 0 unspecified atom stereocenters. The Labute approximate surface area is 123 Å². The van der Waals surface area contributed by atoms with Gasteiger partial charge in [-0.1, -0.05) is 35.3 Å². The highest BCUT2D eigenvalue weighted by Crippen LogP contribution is 2.25. The van der Waals surface area contributed by atoms with E-state index in [4.69, 9.17) is 28.9 Å². The van der Waals surface area contributed by atoms with Crippen molar-refractivity contribution in [3.8, 4) is 0 Å². The maximum absolute atomic E-state index is 6.04.